The largest absolute Gasteiger partial charge is 0.469 e. The number of likely N-dealkylation sites (tertiary alicyclic amines) is 1. The number of hydrogen-bond acceptors (Lipinski definition) is 3. The van der Waals surface area contributed by atoms with Crippen LogP contribution in [0, 0.1) is 5.92 Å². The van der Waals surface area contributed by atoms with Gasteiger partial charge in [0, 0.05) is 19.5 Å². The quantitative estimate of drug-likeness (QED) is 0.315. The molecule has 0 bridgehead atoms. The molecule has 1 aliphatic heterocycles. The molecule has 0 aliphatic carbocycles. The van der Waals surface area contributed by atoms with Crippen molar-refractivity contribution in [1.82, 2.24) is 4.90 Å². The summed E-state index contributed by atoms with van der Waals surface area (Å²) in [5.74, 6) is -0.550. The fraction of sp³-hybridized carbons (Fsp3) is 0.800. The minimum atomic E-state index is -0.441. The monoisotopic (exact) mass is 297 g/mol. The molecular formula is C10H17Cl2NO3Si. The molecular weight excluding hydrogens is 281 g/mol. The normalized spacial score (nSPS) is 20.8. The van der Waals surface area contributed by atoms with E-state index in [0.29, 0.717) is 13.1 Å². The molecule has 0 N–H and O–H groups in total. The molecule has 1 amide bonds. The van der Waals surface area contributed by atoms with E-state index >= 15 is 0 Å². The number of amides is 1. The third-order valence-electron chi connectivity index (χ3n) is 2.85. The second-order valence-corrected chi connectivity index (χ2v) is 8.56. The predicted molar refractivity (Wildman–Crippen MR) is 70.2 cm³/mol. The molecule has 0 saturated carbocycles. The maximum atomic E-state index is 11.6. The first-order chi connectivity index (χ1) is 8.04. The van der Waals surface area contributed by atoms with Crippen molar-refractivity contribution in [2.75, 3.05) is 20.2 Å². The molecule has 0 aromatic carbocycles. The molecule has 1 heterocycles. The fourth-order valence-electron chi connectivity index (χ4n) is 1.91. The Hall–Kier alpha value is -0.263. The summed E-state index contributed by atoms with van der Waals surface area (Å²) in [6.07, 6.45) is 1.19. The first-order valence-electron chi connectivity index (χ1n) is 5.68. The van der Waals surface area contributed by atoms with Crippen LogP contribution in [-0.4, -0.2) is 51.0 Å². The zero-order valence-corrected chi connectivity index (χ0v) is 12.8. The van der Waals surface area contributed by atoms with Gasteiger partial charge in [-0.05, 0) is 6.42 Å². The smallest absolute Gasteiger partial charge is 0.310 e. The SMILES string of the molecule is COC(=O)C1CC(=O)N(CCC[SiH2]C(Cl)Cl)C1. The Morgan fingerprint density at radius 2 is 2.35 bits per heavy atom. The summed E-state index contributed by atoms with van der Waals surface area (Å²) in [5, 5.41) is 0. The highest BCUT2D eigenvalue weighted by Crippen LogP contribution is 2.19. The molecule has 0 radical (unpaired) electrons. The summed E-state index contributed by atoms with van der Waals surface area (Å²) in [6.45, 7) is 1.18. The van der Waals surface area contributed by atoms with Gasteiger partial charge in [-0.2, -0.15) is 0 Å². The first-order valence-corrected chi connectivity index (χ1v) is 8.37. The minimum absolute atomic E-state index is 0.0374. The van der Waals surface area contributed by atoms with Crippen LogP contribution in [0.3, 0.4) is 0 Å². The van der Waals surface area contributed by atoms with E-state index in [0.717, 1.165) is 12.5 Å². The lowest BCUT2D eigenvalue weighted by Gasteiger charge is -2.15. The number of methoxy groups -OCH3 is 1. The number of rotatable bonds is 6. The lowest BCUT2D eigenvalue weighted by atomic mass is 10.1. The summed E-state index contributed by atoms with van der Waals surface area (Å²) in [7, 11) is 0.909. The molecule has 1 atom stereocenters. The molecule has 1 fully saturated rings. The van der Waals surface area contributed by atoms with Gasteiger partial charge in [0.05, 0.1) is 27.0 Å². The maximum Gasteiger partial charge on any atom is 0.310 e. The van der Waals surface area contributed by atoms with Crippen LogP contribution in [0.1, 0.15) is 12.8 Å². The summed E-state index contributed by atoms with van der Waals surface area (Å²) in [6, 6.07) is 1.02. The number of carbonyl (C=O) groups excluding carboxylic acids is 2. The van der Waals surface area contributed by atoms with Crippen molar-refractivity contribution >= 4 is 44.6 Å². The van der Waals surface area contributed by atoms with Gasteiger partial charge in [-0.1, -0.05) is 6.04 Å². The van der Waals surface area contributed by atoms with Gasteiger partial charge in [-0.3, -0.25) is 9.59 Å². The number of ether oxygens (including phenoxy) is 1. The van der Waals surface area contributed by atoms with Crippen LogP contribution < -0.4 is 0 Å². The molecule has 4 nitrogen and oxygen atoms in total. The fourth-order valence-corrected chi connectivity index (χ4v) is 3.66. The first kappa shape index (κ1) is 14.8. The van der Waals surface area contributed by atoms with Crippen LogP contribution in [0.15, 0.2) is 0 Å². The van der Waals surface area contributed by atoms with Crippen LogP contribution in [0.5, 0.6) is 0 Å². The molecule has 0 aromatic heterocycles. The van der Waals surface area contributed by atoms with E-state index in [9.17, 15) is 9.59 Å². The van der Waals surface area contributed by atoms with E-state index in [2.05, 4.69) is 4.74 Å². The van der Waals surface area contributed by atoms with Gasteiger partial charge >= 0.3 is 5.97 Å². The van der Waals surface area contributed by atoms with Crippen molar-refractivity contribution in [2.24, 2.45) is 5.92 Å². The van der Waals surface area contributed by atoms with Gasteiger partial charge in [-0.15, -0.1) is 23.2 Å². The second-order valence-electron chi connectivity index (χ2n) is 4.15. The number of carbonyl (C=O) groups is 2. The number of hydrogen-bond donors (Lipinski definition) is 0. The summed E-state index contributed by atoms with van der Waals surface area (Å²) < 4.78 is 4.44. The van der Waals surface area contributed by atoms with Gasteiger partial charge < -0.3 is 9.64 Å². The van der Waals surface area contributed by atoms with Crippen LogP contribution >= 0.6 is 23.2 Å². The van der Waals surface area contributed by atoms with Crippen LogP contribution in [0.2, 0.25) is 6.04 Å². The van der Waals surface area contributed by atoms with Crippen LogP contribution in [-0.2, 0) is 14.3 Å². The van der Waals surface area contributed by atoms with E-state index in [1.807, 2.05) is 0 Å². The van der Waals surface area contributed by atoms with E-state index in [1.165, 1.54) is 7.11 Å². The molecule has 0 aromatic rings. The van der Waals surface area contributed by atoms with E-state index in [-0.39, 0.29) is 28.7 Å². The van der Waals surface area contributed by atoms with Crippen molar-refractivity contribution in [3.05, 3.63) is 0 Å². The Labute approximate surface area is 113 Å². The molecule has 98 valence electrons. The average Bonchev–Trinajstić information content (AvgIpc) is 2.65. The van der Waals surface area contributed by atoms with Crippen molar-refractivity contribution < 1.29 is 14.3 Å². The van der Waals surface area contributed by atoms with Crippen LogP contribution in [0.4, 0.5) is 0 Å². The summed E-state index contributed by atoms with van der Waals surface area (Å²) in [5.41, 5.74) is 0. The van der Waals surface area contributed by atoms with E-state index in [4.69, 9.17) is 23.2 Å². The number of nitrogens with zero attached hydrogens (tertiary/aromatic N) is 1. The third-order valence-corrected chi connectivity index (χ3v) is 5.50. The highest BCUT2D eigenvalue weighted by atomic mass is 35.5. The highest BCUT2D eigenvalue weighted by Gasteiger charge is 2.34. The Balaban J connectivity index is 2.26. The molecule has 1 rings (SSSR count). The summed E-state index contributed by atoms with van der Waals surface area (Å²) in [4.78, 5) is 24.6. The topological polar surface area (TPSA) is 46.6 Å². The van der Waals surface area contributed by atoms with Crippen molar-refractivity contribution in [2.45, 2.75) is 23.3 Å². The van der Waals surface area contributed by atoms with Crippen LogP contribution in [0.25, 0.3) is 0 Å². The van der Waals surface area contributed by atoms with Crippen molar-refractivity contribution in [3.63, 3.8) is 0 Å². The molecule has 7 heteroatoms. The van der Waals surface area contributed by atoms with Gasteiger partial charge in [0.1, 0.15) is 0 Å². The maximum absolute atomic E-state index is 11.6. The minimum Gasteiger partial charge on any atom is -0.469 e. The standard InChI is InChI=1S/C10H17Cl2NO3Si/c1-16-9(15)7-5-8(14)13(6-7)3-2-4-17-10(11)12/h7,10H,2-6,17H2,1H3. The molecule has 1 aliphatic rings. The molecule has 17 heavy (non-hydrogen) atoms. The average molecular weight is 298 g/mol. The van der Waals surface area contributed by atoms with Gasteiger partial charge in [-0.25, -0.2) is 0 Å². The van der Waals surface area contributed by atoms with E-state index < -0.39 is 9.52 Å². The lowest BCUT2D eigenvalue weighted by Crippen LogP contribution is -2.28. The third kappa shape index (κ3) is 4.85. The Morgan fingerprint density at radius 1 is 1.65 bits per heavy atom. The second kappa shape index (κ2) is 7.23. The number of alkyl halides is 2. The van der Waals surface area contributed by atoms with Gasteiger partial charge in [0.15, 0.2) is 0 Å². The Kier molecular flexibility index (Phi) is 6.30. The zero-order chi connectivity index (χ0) is 12.8. The zero-order valence-electron chi connectivity index (χ0n) is 9.83. The molecule has 0 spiro atoms. The highest BCUT2D eigenvalue weighted by molar-refractivity contribution is 6.68. The predicted octanol–water partition coefficient (Wildman–Crippen LogP) is 0.746. The number of esters is 1. The van der Waals surface area contributed by atoms with Gasteiger partial charge in [0.2, 0.25) is 5.91 Å². The molecule has 1 unspecified atom stereocenters. The van der Waals surface area contributed by atoms with Crippen molar-refractivity contribution in [1.29, 1.82) is 0 Å². The van der Waals surface area contributed by atoms with Crippen molar-refractivity contribution in [3.8, 4) is 0 Å². The summed E-state index contributed by atoms with van der Waals surface area (Å²) >= 11 is 11.3. The Bertz CT molecular complexity index is 289. The molecule has 1 saturated heterocycles. The lowest BCUT2D eigenvalue weighted by molar-refractivity contribution is -0.145. The van der Waals surface area contributed by atoms with Gasteiger partial charge in [0.25, 0.3) is 0 Å². The Morgan fingerprint density at radius 3 is 2.94 bits per heavy atom. The van der Waals surface area contributed by atoms with E-state index in [1.54, 1.807) is 4.90 Å². The number of halogens is 2.